The van der Waals surface area contributed by atoms with Crippen molar-refractivity contribution in [2.45, 2.75) is 0 Å². The molecular weight excluding hydrogens is 282 g/mol. The second-order valence-corrected chi connectivity index (χ2v) is 4.06. The van der Waals surface area contributed by atoms with Crippen molar-refractivity contribution in [1.82, 2.24) is 9.78 Å². The molecule has 7 heteroatoms. The van der Waals surface area contributed by atoms with Crippen LogP contribution in [0.3, 0.4) is 0 Å². The van der Waals surface area contributed by atoms with Gasteiger partial charge in [0.05, 0.1) is 0 Å². The molecule has 0 saturated carbocycles. The summed E-state index contributed by atoms with van der Waals surface area (Å²) < 4.78 is 37.3. The predicted molar refractivity (Wildman–Crippen MR) is 68.5 cm³/mol. The molecule has 0 N–H and O–H groups in total. The van der Waals surface area contributed by atoms with E-state index in [9.17, 15) is 13.6 Å². The second kappa shape index (κ2) is 5.20. The molecule has 3 aromatic rings. The fourth-order valence-corrected chi connectivity index (χ4v) is 1.69. The zero-order chi connectivity index (χ0) is 14.8. The monoisotopic (exact) mass is 290 g/mol. The van der Waals surface area contributed by atoms with E-state index in [1.54, 1.807) is 30.3 Å². The van der Waals surface area contributed by atoms with Crippen LogP contribution in [-0.2, 0) is 0 Å². The van der Waals surface area contributed by atoms with Crippen molar-refractivity contribution >= 4 is 0 Å². The Morgan fingerprint density at radius 3 is 2.62 bits per heavy atom. The van der Waals surface area contributed by atoms with Gasteiger partial charge in [-0.1, -0.05) is 23.3 Å². The van der Waals surface area contributed by atoms with E-state index in [4.69, 9.17) is 9.15 Å². The Morgan fingerprint density at radius 1 is 1.10 bits per heavy atom. The van der Waals surface area contributed by atoms with Gasteiger partial charge in [-0.05, 0) is 24.3 Å². The van der Waals surface area contributed by atoms with Crippen LogP contribution < -0.4 is 10.5 Å². The SMILES string of the molecule is O=c1oc(Oc2ccccc2)nn1-c1cc(F)ccc1F. The lowest BCUT2D eigenvalue weighted by Gasteiger charge is -2.00. The highest BCUT2D eigenvalue weighted by atomic mass is 19.1. The van der Waals surface area contributed by atoms with Crippen LogP contribution in [0.5, 0.6) is 11.8 Å². The van der Waals surface area contributed by atoms with E-state index >= 15 is 0 Å². The number of rotatable bonds is 3. The molecular formula is C14H8F2N2O3. The van der Waals surface area contributed by atoms with Crippen LogP contribution in [0.1, 0.15) is 0 Å². The van der Waals surface area contributed by atoms with Gasteiger partial charge in [-0.2, -0.15) is 4.68 Å². The number of hydrogen-bond acceptors (Lipinski definition) is 4. The molecule has 0 radical (unpaired) electrons. The van der Waals surface area contributed by atoms with Gasteiger partial charge in [-0.25, -0.2) is 13.6 Å². The highest BCUT2D eigenvalue weighted by Crippen LogP contribution is 2.19. The van der Waals surface area contributed by atoms with E-state index in [1.807, 2.05) is 0 Å². The van der Waals surface area contributed by atoms with Crippen molar-refractivity contribution in [3.05, 3.63) is 70.7 Å². The normalized spacial score (nSPS) is 10.6. The van der Waals surface area contributed by atoms with Gasteiger partial charge >= 0.3 is 11.8 Å². The molecule has 0 unspecified atom stereocenters. The minimum Gasteiger partial charge on any atom is -0.410 e. The minimum absolute atomic E-state index is 0.355. The third-order valence-electron chi connectivity index (χ3n) is 2.61. The van der Waals surface area contributed by atoms with Gasteiger partial charge in [0.25, 0.3) is 0 Å². The molecule has 2 aromatic carbocycles. The van der Waals surface area contributed by atoms with Gasteiger partial charge in [0.2, 0.25) is 0 Å². The Kier molecular flexibility index (Phi) is 3.23. The fourth-order valence-electron chi connectivity index (χ4n) is 1.69. The molecule has 5 nitrogen and oxygen atoms in total. The summed E-state index contributed by atoms with van der Waals surface area (Å²) in [6.07, 6.45) is -0.366. The van der Waals surface area contributed by atoms with Gasteiger partial charge < -0.3 is 9.15 Å². The van der Waals surface area contributed by atoms with Crippen molar-refractivity contribution in [2.75, 3.05) is 0 Å². The molecule has 0 saturated heterocycles. The van der Waals surface area contributed by atoms with Crippen molar-refractivity contribution in [3.63, 3.8) is 0 Å². The summed E-state index contributed by atoms with van der Waals surface area (Å²) in [4.78, 5) is 11.7. The summed E-state index contributed by atoms with van der Waals surface area (Å²) in [5.41, 5.74) is -0.355. The molecule has 1 aromatic heterocycles. The molecule has 1 heterocycles. The first-order valence-corrected chi connectivity index (χ1v) is 5.92. The topological polar surface area (TPSA) is 57.3 Å². The molecule has 0 aliphatic carbocycles. The fraction of sp³-hybridized carbons (Fsp3) is 0. The Balaban J connectivity index is 1.98. The zero-order valence-electron chi connectivity index (χ0n) is 10.5. The largest absolute Gasteiger partial charge is 0.444 e. The van der Waals surface area contributed by atoms with Crippen molar-refractivity contribution < 1.29 is 17.9 Å². The molecule has 0 bridgehead atoms. The van der Waals surface area contributed by atoms with Crippen molar-refractivity contribution in [1.29, 1.82) is 0 Å². The van der Waals surface area contributed by atoms with Crippen LogP contribution >= 0.6 is 0 Å². The molecule has 21 heavy (non-hydrogen) atoms. The third kappa shape index (κ3) is 2.66. The zero-order valence-corrected chi connectivity index (χ0v) is 10.5. The molecule has 0 amide bonds. The number of hydrogen-bond donors (Lipinski definition) is 0. The molecule has 0 aliphatic rings. The van der Waals surface area contributed by atoms with Crippen LogP contribution in [0.15, 0.2) is 57.7 Å². The summed E-state index contributed by atoms with van der Waals surface area (Å²) in [6.45, 7) is 0. The number of halogens is 2. The quantitative estimate of drug-likeness (QED) is 0.744. The average Bonchev–Trinajstić information content (AvgIpc) is 2.83. The molecule has 0 atom stereocenters. The predicted octanol–water partition coefficient (Wildman–Crippen LogP) is 2.90. The van der Waals surface area contributed by atoms with Crippen LogP contribution in [0, 0.1) is 11.6 Å². The van der Waals surface area contributed by atoms with Gasteiger partial charge in [0.1, 0.15) is 23.1 Å². The average molecular weight is 290 g/mol. The Bertz CT molecular complexity index is 828. The summed E-state index contributed by atoms with van der Waals surface area (Å²) in [7, 11) is 0. The van der Waals surface area contributed by atoms with Gasteiger partial charge in [0.15, 0.2) is 0 Å². The second-order valence-electron chi connectivity index (χ2n) is 4.06. The summed E-state index contributed by atoms with van der Waals surface area (Å²) >= 11 is 0. The maximum Gasteiger partial charge on any atom is 0.444 e. The molecule has 0 spiro atoms. The van der Waals surface area contributed by atoms with E-state index in [-0.39, 0.29) is 11.8 Å². The van der Waals surface area contributed by atoms with Crippen molar-refractivity contribution in [2.24, 2.45) is 0 Å². The lowest BCUT2D eigenvalue weighted by Crippen LogP contribution is -2.15. The smallest absolute Gasteiger partial charge is 0.410 e. The van der Waals surface area contributed by atoms with E-state index in [0.717, 1.165) is 18.2 Å². The van der Waals surface area contributed by atoms with Gasteiger partial charge in [-0.3, -0.25) is 0 Å². The first-order valence-electron chi connectivity index (χ1n) is 5.92. The van der Waals surface area contributed by atoms with Crippen molar-refractivity contribution in [3.8, 4) is 17.5 Å². The Labute approximate surface area is 117 Å². The van der Waals surface area contributed by atoms with E-state index in [2.05, 4.69) is 5.10 Å². The molecule has 106 valence electrons. The maximum absolute atomic E-state index is 13.6. The lowest BCUT2D eigenvalue weighted by atomic mass is 10.3. The lowest BCUT2D eigenvalue weighted by molar-refractivity contribution is 0.320. The minimum atomic E-state index is -0.981. The highest BCUT2D eigenvalue weighted by Gasteiger charge is 2.15. The number of benzene rings is 2. The van der Waals surface area contributed by atoms with E-state index in [0.29, 0.717) is 10.4 Å². The molecule has 0 aliphatic heterocycles. The number of nitrogens with zero attached hydrogens (tertiary/aromatic N) is 2. The standard InChI is InChI=1S/C14H8F2N2O3/c15-9-6-7-11(16)12(8-9)18-14(19)21-13(17-18)20-10-4-2-1-3-5-10/h1-8H. The highest BCUT2D eigenvalue weighted by molar-refractivity contribution is 5.32. The number of para-hydroxylation sites is 1. The van der Waals surface area contributed by atoms with Crippen LogP contribution in [0.2, 0.25) is 0 Å². The summed E-state index contributed by atoms with van der Waals surface area (Å²) in [5.74, 6) is -2.10. The van der Waals surface area contributed by atoms with Crippen LogP contribution in [-0.4, -0.2) is 9.78 Å². The third-order valence-corrected chi connectivity index (χ3v) is 2.61. The first-order chi connectivity index (χ1) is 10.1. The van der Waals surface area contributed by atoms with Gasteiger partial charge in [0, 0.05) is 6.07 Å². The first kappa shape index (κ1) is 13.0. The Morgan fingerprint density at radius 2 is 1.86 bits per heavy atom. The van der Waals surface area contributed by atoms with E-state index < -0.39 is 17.4 Å². The maximum atomic E-state index is 13.6. The molecule has 3 rings (SSSR count). The van der Waals surface area contributed by atoms with E-state index in [1.165, 1.54) is 0 Å². The van der Waals surface area contributed by atoms with Crippen LogP contribution in [0.4, 0.5) is 8.78 Å². The summed E-state index contributed by atoms with van der Waals surface area (Å²) in [5, 5.41) is 3.69. The van der Waals surface area contributed by atoms with Crippen LogP contribution in [0.25, 0.3) is 5.69 Å². The van der Waals surface area contributed by atoms with Gasteiger partial charge in [-0.15, -0.1) is 0 Å². The summed E-state index contributed by atoms with van der Waals surface area (Å²) in [6, 6.07) is 11.1. The number of aromatic nitrogens is 2. The Hall–Kier alpha value is -2.96. The molecule has 0 fully saturated rings. The number of ether oxygens (including phenoxy) is 1.